The smallest absolute Gasteiger partial charge is 0.00695 e. The normalized spacial score (nSPS) is 11.4. The molecular weight excluding hydrogens is 248 g/mol. The first-order valence-corrected chi connectivity index (χ1v) is 9.59. The summed E-state index contributed by atoms with van der Waals surface area (Å²) in [5.41, 5.74) is 0. The highest BCUT2D eigenvalue weighted by atomic mass is 32.1. The Kier molecular flexibility index (Phi) is 16.7. The lowest BCUT2D eigenvalue weighted by molar-refractivity contribution is 0.438. The Morgan fingerprint density at radius 3 is 1.32 bits per heavy atom. The molecule has 0 saturated heterocycles. The lowest BCUT2D eigenvalue weighted by Crippen LogP contribution is -2.02. The van der Waals surface area contributed by atoms with E-state index in [-0.39, 0.29) is 0 Å². The van der Waals surface area contributed by atoms with Crippen molar-refractivity contribution in [1.29, 1.82) is 0 Å². The molecule has 0 bridgehead atoms. The molecule has 0 atom stereocenters. The van der Waals surface area contributed by atoms with Gasteiger partial charge >= 0.3 is 0 Å². The summed E-state index contributed by atoms with van der Waals surface area (Å²) in [6.45, 7) is 4.58. The summed E-state index contributed by atoms with van der Waals surface area (Å²) in [6.07, 6.45) is 20.0. The van der Waals surface area contributed by atoms with Gasteiger partial charge in [-0.05, 0) is 24.5 Å². The van der Waals surface area contributed by atoms with Crippen molar-refractivity contribution in [1.82, 2.24) is 0 Å². The zero-order valence-electron chi connectivity index (χ0n) is 13.6. The highest BCUT2D eigenvalue weighted by Crippen LogP contribution is 2.20. The van der Waals surface area contributed by atoms with E-state index in [1.165, 1.54) is 89.9 Å². The predicted octanol–water partition coefficient (Wildman–Crippen LogP) is 7.03. The number of unbranched alkanes of at least 4 members (excludes halogenated alkanes) is 10. The second-order valence-corrected chi connectivity index (χ2v) is 6.53. The van der Waals surface area contributed by atoms with Crippen molar-refractivity contribution < 1.29 is 0 Å². The molecule has 0 aliphatic heterocycles. The summed E-state index contributed by atoms with van der Waals surface area (Å²) in [5.74, 6) is 1.99. The van der Waals surface area contributed by atoms with Crippen LogP contribution in [0.5, 0.6) is 0 Å². The maximum absolute atomic E-state index is 4.53. The quantitative estimate of drug-likeness (QED) is 0.242. The van der Waals surface area contributed by atoms with Gasteiger partial charge in [-0.1, -0.05) is 90.9 Å². The highest BCUT2D eigenvalue weighted by Gasteiger charge is 2.06. The molecule has 19 heavy (non-hydrogen) atoms. The van der Waals surface area contributed by atoms with E-state index in [2.05, 4.69) is 26.5 Å². The van der Waals surface area contributed by atoms with Crippen LogP contribution in [0.15, 0.2) is 0 Å². The van der Waals surface area contributed by atoms with Crippen molar-refractivity contribution in [2.24, 2.45) is 5.92 Å². The largest absolute Gasteiger partial charge is 0.179 e. The molecule has 0 fully saturated rings. The van der Waals surface area contributed by atoms with Gasteiger partial charge in [0.15, 0.2) is 0 Å². The van der Waals surface area contributed by atoms with Gasteiger partial charge in [0.05, 0.1) is 0 Å². The summed E-state index contributed by atoms with van der Waals surface area (Å²) in [4.78, 5) is 0. The van der Waals surface area contributed by atoms with Crippen LogP contribution in [0.4, 0.5) is 0 Å². The lowest BCUT2D eigenvalue weighted by Gasteiger charge is -2.14. The van der Waals surface area contributed by atoms with Crippen LogP contribution < -0.4 is 0 Å². The van der Waals surface area contributed by atoms with Crippen molar-refractivity contribution in [2.75, 3.05) is 5.75 Å². The van der Waals surface area contributed by atoms with Crippen molar-refractivity contribution in [3.63, 3.8) is 0 Å². The van der Waals surface area contributed by atoms with Gasteiger partial charge in [0.1, 0.15) is 0 Å². The summed E-state index contributed by atoms with van der Waals surface area (Å²) in [7, 11) is 0. The first-order chi connectivity index (χ1) is 9.35. The van der Waals surface area contributed by atoms with Gasteiger partial charge in [-0.25, -0.2) is 0 Å². The van der Waals surface area contributed by atoms with Crippen molar-refractivity contribution in [3.8, 4) is 0 Å². The van der Waals surface area contributed by atoms with Crippen LogP contribution in [-0.2, 0) is 0 Å². The average Bonchev–Trinajstić information content (AvgIpc) is 2.44. The Balaban J connectivity index is 3.30. The van der Waals surface area contributed by atoms with E-state index >= 15 is 0 Å². The topological polar surface area (TPSA) is 0 Å². The van der Waals surface area contributed by atoms with Crippen LogP contribution in [0.25, 0.3) is 0 Å². The molecular formula is C18H38S. The van der Waals surface area contributed by atoms with E-state index in [1.807, 2.05) is 0 Å². The van der Waals surface area contributed by atoms with E-state index in [1.54, 1.807) is 0 Å². The molecule has 0 N–H and O–H groups in total. The second kappa shape index (κ2) is 16.4. The standard InChI is InChI=1S/C18H38S/c1-3-5-7-9-11-13-15-18(17-19)16-14-12-10-8-6-4-2/h18-19H,3-17H2,1-2H3. The van der Waals surface area contributed by atoms with Crippen LogP contribution in [0.3, 0.4) is 0 Å². The number of hydrogen-bond donors (Lipinski definition) is 1. The lowest BCUT2D eigenvalue weighted by atomic mass is 9.95. The molecule has 0 aliphatic rings. The van der Waals surface area contributed by atoms with Gasteiger partial charge in [0.25, 0.3) is 0 Å². The fraction of sp³-hybridized carbons (Fsp3) is 1.00. The molecule has 0 heterocycles. The van der Waals surface area contributed by atoms with E-state index in [9.17, 15) is 0 Å². The fourth-order valence-corrected chi connectivity index (χ4v) is 3.12. The Labute approximate surface area is 128 Å². The molecule has 0 aromatic rings. The molecule has 0 saturated carbocycles. The summed E-state index contributed by atoms with van der Waals surface area (Å²) in [5, 5.41) is 0. The Hall–Kier alpha value is 0.350. The first-order valence-electron chi connectivity index (χ1n) is 8.96. The Morgan fingerprint density at radius 1 is 0.579 bits per heavy atom. The maximum atomic E-state index is 4.53. The molecule has 0 amide bonds. The van der Waals surface area contributed by atoms with E-state index < -0.39 is 0 Å². The molecule has 1 heteroatoms. The van der Waals surface area contributed by atoms with Crippen LogP contribution in [0.1, 0.15) is 104 Å². The highest BCUT2D eigenvalue weighted by molar-refractivity contribution is 7.80. The van der Waals surface area contributed by atoms with Gasteiger partial charge in [-0.3, -0.25) is 0 Å². The molecule has 0 nitrogen and oxygen atoms in total. The molecule has 0 rings (SSSR count). The third-order valence-corrected chi connectivity index (χ3v) is 4.71. The third-order valence-electron chi connectivity index (χ3n) is 4.19. The number of rotatable bonds is 15. The monoisotopic (exact) mass is 286 g/mol. The van der Waals surface area contributed by atoms with E-state index in [0.717, 1.165) is 11.7 Å². The third kappa shape index (κ3) is 14.6. The van der Waals surface area contributed by atoms with Crippen molar-refractivity contribution >= 4 is 12.6 Å². The zero-order valence-corrected chi connectivity index (χ0v) is 14.5. The molecule has 0 spiro atoms. The Bertz CT molecular complexity index is 140. The SMILES string of the molecule is CCCCCCCCC(CS)CCCCCCCC. The number of hydrogen-bond acceptors (Lipinski definition) is 1. The van der Waals surface area contributed by atoms with Crippen LogP contribution in [0, 0.1) is 5.92 Å². The molecule has 0 radical (unpaired) electrons. The molecule has 0 aliphatic carbocycles. The van der Waals surface area contributed by atoms with Crippen LogP contribution in [0.2, 0.25) is 0 Å². The zero-order chi connectivity index (χ0) is 14.2. The summed E-state index contributed by atoms with van der Waals surface area (Å²) >= 11 is 4.53. The van der Waals surface area contributed by atoms with Crippen molar-refractivity contribution in [2.45, 2.75) is 104 Å². The van der Waals surface area contributed by atoms with E-state index in [4.69, 9.17) is 0 Å². The van der Waals surface area contributed by atoms with Gasteiger partial charge < -0.3 is 0 Å². The van der Waals surface area contributed by atoms with Gasteiger partial charge in [0, 0.05) is 0 Å². The van der Waals surface area contributed by atoms with Gasteiger partial charge in [0.2, 0.25) is 0 Å². The predicted molar refractivity (Wildman–Crippen MR) is 93.3 cm³/mol. The second-order valence-electron chi connectivity index (χ2n) is 6.16. The fourth-order valence-electron chi connectivity index (χ4n) is 2.75. The van der Waals surface area contributed by atoms with Crippen LogP contribution >= 0.6 is 12.6 Å². The summed E-state index contributed by atoms with van der Waals surface area (Å²) < 4.78 is 0. The minimum absolute atomic E-state index is 0.890. The molecule has 116 valence electrons. The minimum Gasteiger partial charge on any atom is -0.179 e. The first kappa shape index (κ1) is 19.4. The number of thiol groups is 1. The molecule has 0 unspecified atom stereocenters. The summed E-state index contributed by atoms with van der Waals surface area (Å²) in [6, 6.07) is 0. The minimum atomic E-state index is 0.890. The maximum Gasteiger partial charge on any atom is -0.00695 e. The van der Waals surface area contributed by atoms with E-state index in [0.29, 0.717) is 0 Å². The van der Waals surface area contributed by atoms with Gasteiger partial charge in [-0.15, -0.1) is 0 Å². The molecule has 0 aromatic carbocycles. The molecule has 0 aromatic heterocycles. The van der Waals surface area contributed by atoms with Gasteiger partial charge in [-0.2, -0.15) is 12.6 Å². The Morgan fingerprint density at radius 2 is 0.947 bits per heavy atom. The van der Waals surface area contributed by atoms with Crippen LogP contribution in [-0.4, -0.2) is 5.75 Å². The van der Waals surface area contributed by atoms with Crippen molar-refractivity contribution in [3.05, 3.63) is 0 Å². The average molecular weight is 287 g/mol.